The van der Waals surface area contributed by atoms with E-state index in [1.165, 1.54) is 10.9 Å². The lowest BCUT2D eigenvalue weighted by atomic mass is 10.2. The minimum absolute atomic E-state index is 0.179. The van der Waals surface area contributed by atoms with Crippen molar-refractivity contribution in [3.8, 4) is 5.75 Å². The summed E-state index contributed by atoms with van der Waals surface area (Å²) in [4.78, 5) is 11.2. The molecule has 0 aliphatic carbocycles. The minimum Gasteiger partial charge on any atom is -0.491 e. The first-order chi connectivity index (χ1) is 9.20. The second-order valence-electron chi connectivity index (χ2n) is 3.95. The Morgan fingerprint density at radius 2 is 2.26 bits per heavy atom. The molecule has 1 amide bonds. The first-order valence-corrected chi connectivity index (χ1v) is 5.80. The fourth-order valence-corrected chi connectivity index (χ4v) is 1.55. The molecule has 2 rings (SSSR count). The Morgan fingerprint density at radius 3 is 3.00 bits per heavy atom. The van der Waals surface area contributed by atoms with Gasteiger partial charge in [0, 0.05) is 0 Å². The van der Waals surface area contributed by atoms with E-state index in [2.05, 4.69) is 10.3 Å². The summed E-state index contributed by atoms with van der Waals surface area (Å²) in [7, 11) is 0. The zero-order chi connectivity index (χ0) is 13.7. The molecule has 0 fully saturated rings. The van der Waals surface area contributed by atoms with Crippen molar-refractivity contribution in [1.82, 2.24) is 20.4 Å². The highest BCUT2D eigenvalue weighted by atomic mass is 16.5. The number of amides is 1. The predicted octanol–water partition coefficient (Wildman–Crippen LogP) is 0.269. The number of aryl methyl sites for hydroxylation is 1. The van der Waals surface area contributed by atoms with E-state index < -0.39 is 5.91 Å². The van der Waals surface area contributed by atoms with E-state index in [0.717, 1.165) is 11.3 Å². The summed E-state index contributed by atoms with van der Waals surface area (Å²) in [6.07, 6.45) is 1.52. The van der Waals surface area contributed by atoms with Gasteiger partial charge in [-0.1, -0.05) is 23.4 Å². The summed E-state index contributed by atoms with van der Waals surface area (Å²) in [5, 5.41) is 7.50. The van der Waals surface area contributed by atoms with Crippen LogP contribution in [0.2, 0.25) is 0 Å². The molecule has 0 spiro atoms. The van der Waals surface area contributed by atoms with E-state index in [4.69, 9.17) is 10.6 Å². The van der Waals surface area contributed by atoms with Crippen molar-refractivity contribution < 1.29 is 9.53 Å². The maximum Gasteiger partial charge on any atom is 0.287 e. The van der Waals surface area contributed by atoms with Crippen LogP contribution in [0.4, 0.5) is 0 Å². The van der Waals surface area contributed by atoms with Gasteiger partial charge in [-0.25, -0.2) is 10.5 Å². The van der Waals surface area contributed by atoms with Gasteiger partial charge in [0.15, 0.2) is 5.69 Å². The highest BCUT2D eigenvalue weighted by Crippen LogP contribution is 2.15. The van der Waals surface area contributed by atoms with Gasteiger partial charge >= 0.3 is 0 Å². The maximum absolute atomic E-state index is 11.2. The molecule has 7 nitrogen and oxygen atoms in total. The SMILES string of the molecule is Cc1ccccc1OCCn1cc(C(=O)NN)nn1. The molecule has 1 heterocycles. The van der Waals surface area contributed by atoms with Crippen molar-refractivity contribution in [1.29, 1.82) is 0 Å². The van der Waals surface area contributed by atoms with Gasteiger partial charge in [-0.15, -0.1) is 5.10 Å². The number of nitrogens with zero attached hydrogens (tertiary/aromatic N) is 3. The van der Waals surface area contributed by atoms with Crippen molar-refractivity contribution in [2.45, 2.75) is 13.5 Å². The molecule has 1 aromatic carbocycles. The molecule has 0 unspecified atom stereocenters. The van der Waals surface area contributed by atoms with Crippen LogP contribution >= 0.6 is 0 Å². The lowest BCUT2D eigenvalue weighted by molar-refractivity contribution is 0.0948. The zero-order valence-corrected chi connectivity index (χ0v) is 10.5. The van der Waals surface area contributed by atoms with Crippen LogP contribution in [-0.2, 0) is 6.54 Å². The molecule has 0 atom stereocenters. The van der Waals surface area contributed by atoms with Crippen molar-refractivity contribution in [2.24, 2.45) is 5.84 Å². The Balaban J connectivity index is 1.88. The summed E-state index contributed by atoms with van der Waals surface area (Å²) >= 11 is 0. The average Bonchev–Trinajstić information content (AvgIpc) is 2.89. The van der Waals surface area contributed by atoms with Crippen molar-refractivity contribution in [2.75, 3.05) is 6.61 Å². The second kappa shape index (κ2) is 5.96. The van der Waals surface area contributed by atoms with E-state index >= 15 is 0 Å². The molecule has 0 saturated heterocycles. The molecule has 0 bridgehead atoms. The van der Waals surface area contributed by atoms with Crippen LogP contribution in [0.15, 0.2) is 30.5 Å². The maximum atomic E-state index is 11.2. The summed E-state index contributed by atoms with van der Waals surface area (Å²) in [5.74, 6) is 5.37. The van der Waals surface area contributed by atoms with Crippen LogP contribution in [0.25, 0.3) is 0 Å². The van der Waals surface area contributed by atoms with E-state index in [1.54, 1.807) is 0 Å². The van der Waals surface area contributed by atoms with Gasteiger partial charge in [-0.05, 0) is 18.6 Å². The number of aromatic nitrogens is 3. The molecule has 0 saturated carbocycles. The van der Waals surface area contributed by atoms with Crippen molar-refractivity contribution in [3.05, 3.63) is 41.7 Å². The normalized spacial score (nSPS) is 10.2. The van der Waals surface area contributed by atoms with Gasteiger partial charge in [-0.3, -0.25) is 10.2 Å². The fraction of sp³-hybridized carbons (Fsp3) is 0.250. The van der Waals surface area contributed by atoms with Gasteiger partial charge in [0.25, 0.3) is 5.91 Å². The Labute approximate surface area is 110 Å². The number of para-hydroxylation sites is 1. The molecule has 0 radical (unpaired) electrons. The third-order valence-corrected chi connectivity index (χ3v) is 2.57. The van der Waals surface area contributed by atoms with E-state index in [-0.39, 0.29) is 5.69 Å². The summed E-state index contributed by atoms with van der Waals surface area (Å²) in [5.41, 5.74) is 3.25. The van der Waals surface area contributed by atoms with E-state index in [1.807, 2.05) is 36.6 Å². The Hall–Kier alpha value is -2.41. The first-order valence-electron chi connectivity index (χ1n) is 5.80. The second-order valence-corrected chi connectivity index (χ2v) is 3.95. The number of nitrogens with one attached hydrogen (secondary N) is 1. The molecule has 1 aromatic heterocycles. The van der Waals surface area contributed by atoms with Crippen LogP contribution in [0.5, 0.6) is 5.75 Å². The molecule has 3 N–H and O–H groups in total. The third kappa shape index (κ3) is 3.29. The largest absolute Gasteiger partial charge is 0.491 e. The number of hydrogen-bond donors (Lipinski definition) is 2. The van der Waals surface area contributed by atoms with Gasteiger partial charge in [0.2, 0.25) is 0 Å². The number of carbonyl (C=O) groups excluding carboxylic acids is 1. The Bertz CT molecular complexity index is 567. The number of hydrazine groups is 1. The van der Waals surface area contributed by atoms with Crippen molar-refractivity contribution >= 4 is 5.91 Å². The van der Waals surface area contributed by atoms with E-state index in [9.17, 15) is 4.79 Å². The van der Waals surface area contributed by atoms with Gasteiger partial charge < -0.3 is 4.74 Å². The monoisotopic (exact) mass is 261 g/mol. The summed E-state index contributed by atoms with van der Waals surface area (Å²) < 4.78 is 7.15. The van der Waals surface area contributed by atoms with Crippen LogP contribution in [0.3, 0.4) is 0 Å². The summed E-state index contributed by atoms with van der Waals surface area (Å²) in [6, 6.07) is 7.76. The van der Waals surface area contributed by atoms with Crippen LogP contribution < -0.4 is 16.0 Å². The number of nitrogens with two attached hydrogens (primary N) is 1. The molecule has 100 valence electrons. The molecular weight excluding hydrogens is 246 g/mol. The predicted molar refractivity (Wildman–Crippen MR) is 68.3 cm³/mol. The number of carbonyl (C=O) groups is 1. The third-order valence-electron chi connectivity index (χ3n) is 2.57. The molecule has 2 aromatic rings. The number of nitrogen functional groups attached to an aromatic ring is 1. The van der Waals surface area contributed by atoms with Crippen molar-refractivity contribution in [3.63, 3.8) is 0 Å². The van der Waals surface area contributed by atoms with Gasteiger partial charge in [0.05, 0.1) is 12.7 Å². The Morgan fingerprint density at radius 1 is 1.47 bits per heavy atom. The number of hydrogen-bond acceptors (Lipinski definition) is 5. The lowest BCUT2D eigenvalue weighted by Crippen LogP contribution is -2.30. The number of benzene rings is 1. The molecule has 7 heteroatoms. The van der Waals surface area contributed by atoms with Gasteiger partial charge in [0.1, 0.15) is 12.4 Å². The molecule has 0 aliphatic heterocycles. The average molecular weight is 261 g/mol. The topological polar surface area (TPSA) is 95.1 Å². The highest BCUT2D eigenvalue weighted by molar-refractivity contribution is 5.91. The van der Waals surface area contributed by atoms with Gasteiger partial charge in [-0.2, -0.15) is 0 Å². The van der Waals surface area contributed by atoms with Crippen LogP contribution in [0.1, 0.15) is 16.1 Å². The zero-order valence-electron chi connectivity index (χ0n) is 10.5. The quantitative estimate of drug-likeness (QED) is 0.457. The van der Waals surface area contributed by atoms with Crippen LogP contribution in [0, 0.1) is 6.92 Å². The number of ether oxygens (including phenoxy) is 1. The number of rotatable bonds is 5. The molecular formula is C12H15N5O2. The standard InChI is InChI=1S/C12H15N5O2/c1-9-4-2-3-5-11(9)19-7-6-17-8-10(15-16-17)12(18)14-13/h2-5,8H,6-7,13H2,1H3,(H,14,18). The molecule has 0 aliphatic rings. The first kappa shape index (κ1) is 13.0. The van der Waals surface area contributed by atoms with Crippen LogP contribution in [-0.4, -0.2) is 27.5 Å². The summed E-state index contributed by atoms with van der Waals surface area (Å²) in [6.45, 7) is 2.92. The lowest BCUT2D eigenvalue weighted by Gasteiger charge is -2.08. The smallest absolute Gasteiger partial charge is 0.287 e. The highest BCUT2D eigenvalue weighted by Gasteiger charge is 2.08. The Kier molecular flexibility index (Phi) is 4.09. The fourth-order valence-electron chi connectivity index (χ4n) is 1.55. The molecule has 19 heavy (non-hydrogen) atoms. The van der Waals surface area contributed by atoms with E-state index in [0.29, 0.717) is 13.2 Å². The minimum atomic E-state index is -0.467.